The Hall–Kier alpha value is -4.07. The number of benzene rings is 2. The third-order valence-corrected chi connectivity index (χ3v) is 7.06. The number of likely N-dealkylation sites (tertiary alicyclic amines) is 1. The van der Waals surface area contributed by atoms with Crippen LogP contribution in [0.1, 0.15) is 48.2 Å². The summed E-state index contributed by atoms with van der Waals surface area (Å²) in [5.41, 5.74) is 1.82. The van der Waals surface area contributed by atoms with Crippen molar-refractivity contribution in [2.45, 2.75) is 50.7 Å². The molecule has 1 aromatic heterocycles. The fraction of sp³-hybridized carbons (Fsp3) is 0.321. The minimum atomic E-state index is -0.504. The minimum Gasteiger partial charge on any atom is -0.467 e. The van der Waals surface area contributed by atoms with Crippen molar-refractivity contribution in [2.75, 3.05) is 10.6 Å². The first kappa shape index (κ1) is 23.7. The maximum absolute atomic E-state index is 13.4. The second-order valence-electron chi connectivity index (χ2n) is 9.40. The van der Waals surface area contributed by atoms with Crippen molar-refractivity contribution in [3.8, 4) is 0 Å². The van der Waals surface area contributed by atoms with E-state index >= 15 is 0 Å². The number of carbonyl (C=O) groups is 3. The van der Waals surface area contributed by atoms with Crippen molar-refractivity contribution in [3.63, 3.8) is 0 Å². The predicted molar refractivity (Wildman–Crippen MR) is 136 cm³/mol. The van der Waals surface area contributed by atoms with Gasteiger partial charge in [-0.1, -0.05) is 31.0 Å². The van der Waals surface area contributed by atoms with Crippen LogP contribution in [0.25, 0.3) is 0 Å². The van der Waals surface area contributed by atoms with Gasteiger partial charge < -0.3 is 25.3 Å². The molecule has 8 nitrogen and oxygen atoms in total. The van der Waals surface area contributed by atoms with Crippen molar-refractivity contribution in [1.29, 1.82) is 0 Å². The summed E-state index contributed by atoms with van der Waals surface area (Å²) in [6.45, 7) is 0.286. The normalized spacial score (nSPS) is 20.9. The van der Waals surface area contributed by atoms with Gasteiger partial charge in [-0.3, -0.25) is 9.59 Å². The molecule has 3 atom stereocenters. The average molecular weight is 487 g/mol. The second kappa shape index (κ2) is 10.7. The molecular weight excluding hydrogens is 456 g/mol. The molecule has 3 unspecified atom stereocenters. The molecule has 186 valence electrons. The molecule has 1 saturated heterocycles. The largest absolute Gasteiger partial charge is 0.467 e. The highest BCUT2D eigenvalue weighted by molar-refractivity contribution is 6.02. The van der Waals surface area contributed by atoms with Crippen LogP contribution >= 0.6 is 0 Å². The SMILES string of the molecule is O=C(NCc1ccco1)Nc1ccc(NC(=O)C2CC3CCCCC3N2C(=O)c2ccccc2)cc1. The fourth-order valence-electron chi connectivity index (χ4n) is 5.33. The molecule has 1 aliphatic heterocycles. The van der Waals surface area contributed by atoms with Crippen LogP contribution in [-0.4, -0.2) is 34.8 Å². The molecule has 0 spiro atoms. The van der Waals surface area contributed by atoms with Gasteiger partial charge in [0.25, 0.3) is 5.91 Å². The lowest BCUT2D eigenvalue weighted by atomic mass is 9.84. The van der Waals surface area contributed by atoms with Gasteiger partial charge >= 0.3 is 6.03 Å². The molecular formula is C28H30N4O4. The molecule has 3 N–H and O–H groups in total. The number of anilines is 2. The van der Waals surface area contributed by atoms with Crippen LogP contribution in [0.15, 0.2) is 77.4 Å². The molecule has 2 aliphatic rings. The lowest BCUT2D eigenvalue weighted by Crippen LogP contribution is -2.47. The molecule has 2 aromatic carbocycles. The third kappa shape index (κ3) is 5.27. The molecule has 3 aromatic rings. The molecule has 36 heavy (non-hydrogen) atoms. The van der Waals surface area contributed by atoms with E-state index in [-0.39, 0.29) is 30.4 Å². The highest BCUT2D eigenvalue weighted by atomic mass is 16.3. The number of amides is 4. The number of carbonyl (C=O) groups excluding carboxylic acids is 3. The zero-order valence-corrected chi connectivity index (χ0v) is 20.0. The molecule has 5 rings (SSSR count). The number of hydrogen-bond acceptors (Lipinski definition) is 4. The summed E-state index contributed by atoms with van der Waals surface area (Å²) in [4.78, 5) is 40.8. The van der Waals surface area contributed by atoms with E-state index in [9.17, 15) is 14.4 Å². The number of rotatable bonds is 6. The Balaban J connectivity index is 1.22. The van der Waals surface area contributed by atoms with E-state index in [1.807, 2.05) is 35.2 Å². The summed E-state index contributed by atoms with van der Waals surface area (Å²) in [6.07, 6.45) is 6.46. The monoisotopic (exact) mass is 486 g/mol. The van der Waals surface area contributed by atoms with Crippen molar-refractivity contribution >= 4 is 29.2 Å². The van der Waals surface area contributed by atoms with Gasteiger partial charge in [0.2, 0.25) is 5.91 Å². The zero-order valence-electron chi connectivity index (χ0n) is 20.0. The van der Waals surface area contributed by atoms with E-state index in [0.29, 0.717) is 35.0 Å². The Morgan fingerprint density at radius 3 is 2.31 bits per heavy atom. The first-order valence-corrected chi connectivity index (χ1v) is 12.4. The van der Waals surface area contributed by atoms with Crippen LogP contribution in [0.4, 0.5) is 16.2 Å². The van der Waals surface area contributed by atoms with Crippen molar-refractivity contribution in [1.82, 2.24) is 10.2 Å². The number of furan rings is 1. The van der Waals surface area contributed by atoms with E-state index in [4.69, 9.17) is 4.42 Å². The maximum atomic E-state index is 13.4. The van der Waals surface area contributed by atoms with Crippen molar-refractivity contribution < 1.29 is 18.8 Å². The van der Waals surface area contributed by atoms with Crippen molar-refractivity contribution in [3.05, 3.63) is 84.3 Å². The predicted octanol–water partition coefficient (Wildman–Crippen LogP) is 5.01. The third-order valence-electron chi connectivity index (χ3n) is 7.06. The lowest BCUT2D eigenvalue weighted by Gasteiger charge is -2.33. The summed E-state index contributed by atoms with van der Waals surface area (Å²) in [5.74, 6) is 0.763. The molecule has 4 amide bonds. The smallest absolute Gasteiger partial charge is 0.319 e. The summed E-state index contributed by atoms with van der Waals surface area (Å²) < 4.78 is 5.20. The number of urea groups is 1. The number of fused-ring (bicyclic) bond motifs is 1. The molecule has 0 bridgehead atoms. The van der Waals surface area contributed by atoms with Crippen LogP contribution in [0, 0.1) is 5.92 Å². The number of hydrogen-bond donors (Lipinski definition) is 3. The molecule has 0 radical (unpaired) electrons. The van der Waals surface area contributed by atoms with Crippen LogP contribution in [0.3, 0.4) is 0 Å². The summed E-state index contributed by atoms with van der Waals surface area (Å²) in [5, 5.41) is 8.46. The first-order chi connectivity index (χ1) is 17.6. The Labute approximate surface area is 210 Å². The van der Waals surface area contributed by atoms with Gasteiger partial charge in [0.05, 0.1) is 12.8 Å². The number of nitrogens with zero attached hydrogens (tertiary/aromatic N) is 1. The van der Waals surface area contributed by atoms with E-state index in [2.05, 4.69) is 16.0 Å². The number of nitrogens with one attached hydrogen (secondary N) is 3. The highest BCUT2D eigenvalue weighted by Crippen LogP contribution is 2.40. The van der Waals surface area contributed by atoms with E-state index < -0.39 is 6.04 Å². The zero-order chi connectivity index (χ0) is 24.9. The Kier molecular flexibility index (Phi) is 7.02. The van der Waals surface area contributed by atoms with Gasteiger partial charge in [-0.2, -0.15) is 0 Å². The van der Waals surface area contributed by atoms with E-state index in [0.717, 1.165) is 25.7 Å². The van der Waals surface area contributed by atoms with Gasteiger partial charge in [0, 0.05) is 23.0 Å². The second-order valence-corrected chi connectivity index (χ2v) is 9.40. The van der Waals surface area contributed by atoms with Gasteiger partial charge in [-0.25, -0.2) is 4.79 Å². The molecule has 1 saturated carbocycles. The summed E-state index contributed by atoms with van der Waals surface area (Å²) in [7, 11) is 0. The first-order valence-electron chi connectivity index (χ1n) is 12.4. The van der Waals surface area contributed by atoms with E-state index in [1.165, 1.54) is 0 Å². The van der Waals surface area contributed by atoms with Gasteiger partial charge in [0.1, 0.15) is 11.8 Å². The molecule has 8 heteroatoms. The maximum Gasteiger partial charge on any atom is 0.319 e. The Morgan fingerprint density at radius 2 is 1.58 bits per heavy atom. The quantitative estimate of drug-likeness (QED) is 0.455. The lowest BCUT2D eigenvalue weighted by molar-refractivity contribution is -0.120. The topological polar surface area (TPSA) is 104 Å². The van der Waals surface area contributed by atoms with Crippen LogP contribution in [-0.2, 0) is 11.3 Å². The highest BCUT2D eigenvalue weighted by Gasteiger charge is 2.47. The van der Waals surface area contributed by atoms with Crippen LogP contribution in [0.5, 0.6) is 0 Å². The van der Waals surface area contributed by atoms with E-state index in [1.54, 1.807) is 42.7 Å². The minimum absolute atomic E-state index is 0.0785. The van der Waals surface area contributed by atoms with Gasteiger partial charge in [-0.05, 0) is 73.7 Å². The van der Waals surface area contributed by atoms with Gasteiger partial charge in [-0.15, -0.1) is 0 Å². The molecule has 2 fully saturated rings. The fourth-order valence-corrected chi connectivity index (χ4v) is 5.33. The Bertz CT molecular complexity index is 1190. The summed E-state index contributed by atoms with van der Waals surface area (Å²) in [6, 6.07) is 18.9. The van der Waals surface area contributed by atoms with Crippen molar-refractivity contribution in [2.24, 2.45) is 5.92 Å². The van der Waals surface area contributed by atoms with Crippen LogP contribution in [0.2, 0.25) is 0 Å². The summed E-state index contributed by atoms with van der Waals surface area (Å²) >= 11 is 0. The molecule has 1 aliphatic carbocycles. The Morgan fingerprint density at radius 1 is 0.861 bits per heavy atom. The van der Waals surface area contributed by atoms with Gasteiger partial charge in [0.15, 0.2) is 0 Å². The molecule has 2 heterocycles. The standard InChI is InChI=1S/C28H30N4O4/c33-26(30-21-12-14-22(15-13-21)31-28(35)29-18-23-10-6-16-36-23)25-17-20-9-4-5-11-24(20)32(25)27(34)19-7-2-1-3-8-19/h1-3,6-8,10,12-16,20,24-25H,4-5,9,11,17-18H2,(H,30,33)(H2,29,31,35). The van der Waals surface area contributed by atoms with Crippen LogP contribution < -0.4 is 16.0 Å². The average Bonchev–Trinajstić information content (AvgIpc) is 3.57.